The second-order valence-electron chi connectivity index (χ2n) is 11.5. The van der Waals surface area contributed by atoms with Crippen molar-refractivity contribution in [2.24, 2.45) is 5.92 Å². The number of carbonyl (C=O) groups is 2. The lowest BCUT2D eigenvalue weighted by Gasteiger charge is -2.59. The van der Waals surface area contributed by atoms with Crippen LogP contribution < -0.4 is 9.47 Å². The SMILES string of the molecule is CC(=O)Oc1cc(O)c2c3c1C[C@@H]1[C@@H]4CC[C@H](N(C)C(=O)C#Cc5ccc(C)c(C)c5)[C@H](O2)[C@]34CCN1C. The molecule has 2 aliphatic heterocycles. The van der Waals surface area contributed by atoms with E-state index in [-0.39, 0.29) is 35.3 Å². The lowest BCUT2D eigenvalue weighted by atomic mass is 9.51. The number of piperidine rings is 1. The molecule has 5 atom stereocenters. The fourth-order valence-electron chi connectivity index (χ4n) is 7.59. The Kier molecular flexibility index (Phi) is 5.73. The maximum absolute atomic E-state index is 13.3. The van der Waals surface area contributed by atoms with E-state index in [0.717, 1.165) is 54.5 Å². The summed E-state index contributed by atoms with van der Waals surface area (Å²) in [6.07, 6.45) is 3.04. The Morgan fingerprint density at radius 3 is 2.74 bits per heavy atom. The van der Waals surface area contributed by atoms with Gasteiger partial charge in [0.1, 0.15) is 11.9 Å². The van der Waals surface area contributed by atoms with Crippen molar-refractivity contribution >= 4 is 11.9 Å². The number of likely N-dealkylation sites (N-methyl/N-ethyl adjacent to an activating group) is 2. The van der Waals surface area contributed by atoms with E-state index in [0.29, 0.717) is 17.4 Å². The van der Waals surface area contributed by atoms with Crippen molar-refractivity contribution in [3.8, 4) is 29.1 Å². The first-order valence-electron chi connectivity index (χ1n) is 13.4. The fraction of sp³-hybridized carbons (Fsp3) is 0.484. The first-order chi connectivity index (χ1) is 18.1. The lowest BCUT2D eigenvalue weighted by Crippen LogP contribution is -2.68. The first-order valence-corrected chi connectivity index (χ1v) is 13.4. The van der Waals surface area contributed by atoms with Crippen molar-refractivity contribution in [3.63, 3.8) is 0 Å². The van der Waals surface area contributed by atoms with Crippen molar-refractivity contribution in [2.45, 2.75) is 70.1 Å². The number of phenolic OH excluding ortho intramolecular Hbond substituents is 1. The molecule has 7 heteroatoms. The third-order valence-electron chi connectivity index (χ3n) is 9.54. The number of aryl methyl sites for hydroxylation is 2. The summed E-state index contributed by atoms with van der Waals surface area (Å²) in [7, 11) is 3.97. The highest BCUT2D eigenvalue weighted by atomic mass is 16.5. The molecule has 2 aromatic carbocycles. The Bertz CT molecular complexity index is 1420. The smallest absolute Gasteiger partial charge is 0.308 e. The molecule has 6 rings (SSSR count). The van der Waals surface area contributed by atoms with E-state index in [2.05, 4.69) is 30.7 Å². The predicted molar refractivity (Wildman–Crippen MR) is 142 cm³/mol. The summed E-state index contributed by atoms with van der Waals surface area (Å²) in [5.41, 5.74) is 4.74. The van der Waals surface area contributed by atoms with Gasteiger partial charge in [-0.05, 0) is 82.3 Å². The average molecular weight is 515 g/mol. The zero-order valence-electron chi connectivity index (χ0n) is 22.6. The highest BCUT2D eigenvalue weighted by molar-refractivity contribution is 5.94. The molecular weight excluding hydrogens is 480 g/mol. The maximum atomic E-state index is 13.3. The topological polar surface area (TPSA) is 79.3 Å². The van der Waals surface area contributed by atoms with Crippen molar-refractivity contribution in [1.29, 1.82) is 0 Å². The van der Waals surface area contributed by atoms with E-state index < -0.39 is 5.97 Å². The molecular formula is C31H34N2O5. The molecule has 2 aromatic rings. The molecule has 4 aliphatic rings. The van der Waals surface area contributed by atoms with Gasteiger partial charge in [-0.15, -0.1) is 0 Å². The van der Waals surface area contributed by atoms with E-state index in [9.17, 15) is 14.7 Å². The molecule has 0 radical (unpaired) electrons. The van der Waals surface area contributed by atoms with Crippen LogP contribution in [0.4, 0.5) is 0 Å². The minimum atomic E-state index is -0.414. The fourth-order valence-corrected chi connectivity index (χ4v) is 7.59. The number of esters is 1. The molecule has 198 valence electrons. The molecule has 1 amide bonds. The van der Waals surface area contributed by atoms with Crippen molar-refractivity contribution in [3.05, 3.63) is 52.1 Å². The van der Waals surface area contributed by atoms with Crippen LogP contribution in [0.3, 0.4) is 0 Å². The van der Waals surface area contributed by atoms with Gasteiger partial charge in [0.25, 0.3) is 5.91 Å². The van der Waals surface area contributed by atoms with Crippen LogP contribution in [0.5, 0.6) is 17.2 Å². The highest BCUT2D eigenvalue weighted by Gasteiger charge is 2.66. The van der Waals surface area contributed by atoms with Crippen molar-refractivity contribution in [2.75, 3.05) is 20.6 Å². The molecule has 1 saturated carbocycles. The van der Waals surface area contributed by atoms with Crippen LogP contribution >= 0.6 is 0 Å². The number of hydrogen-bond donors (Lipinski definition) is 1. The number of rotatable bonds is 2. The number of nitrogens with zero attached hydrogens (tertiary/aromatic N) is 2. The van der Waals surface area contributed by atoms with Crippen LogP contribution in [0.25, 0.3) is 0 Å². The zero-order valence-corrected chi connectivity index (χ0v) is 22.6. The van der Waals surface area contributed by atoms with Gasteiger partial charge < -0.3 is 24.4 Å². The Hall–Kier alpha value is -3.50. The number of benzene rings is 2. The molecule has 1 saturated heterocycles. The second-order valence-corrected chi connectivity index (χ2v) is 11.5. The monoisotopic (exact) mass is 514 g/mol. The summed E-state index contributed by atoms with van der Waals surface area (Å²) in [4.78, 5) is 29.4. The summed E-state index contributed by atoms with van der Waals surface area (Å²) in [5, 5.41) is 11.0. The van der Waals surface area contributed by atoms with Gasteiger partial charge in [-0.3, -0.25) is 9.59 Å². The molecule has 2 aliphatic carbocycles. The van der Waals surface area contributed by atoms with E-state index in [4.69, 9.17) is 9.47 Å². The third-order valence-corrected chi connectivity index (χ3v) is 9.54. The number of hydrogen-bond acceptors (Lipinski definition) is 6. The summed E-state index contributed by atoms with van der Waals surface area (Å²) in [6.45, 7) is 6.37. The van der Waals surface area contributed by atoms with Gasteiger partial charge in [-0.2, -0.15) is 0 Å². The summed E-state index contributed by atoms with van der Waals surface area (Å²) in [6, 6.07) is 7.56. The Morgan fingerprint density at radius 1 is 1.21 bits per heavy atom. The summed E-state index contributed by atoms with van der Waals surface area (Å²) in [5.74, 6) is 6.46. The Labute approximate surface area is 223 Å². The van der Waals surface area contributed by atoms with Crippen LogP contribution in [0.1, 0.15) is 54.0 Å². The van der Waals surface area contributed by atoms with Gasteiger partial charge in [-0.1, -0.05) is 12.0 Å². The molecule has 0 aromatic heterocycles. The van der Waals surface area contributed by atoms with Gasteiger partial charge >= 0.3 is 5.97 Å². The quantitative estimate of drug-likeness (QED) is 0.376. The van der Waals surface area contributed by atoms with Gasteiger partial charge in [-0.25, -0.2) is 0 Å². The first kappa shape index (κ1) is 24.8. The number of amides is 1. The molecule has 38 heavy (non-hydrogen) atoms. The molecule has 7 nitrogen and oxygen atoms in total. The van der Waals surface area contributed by atoms with Crippen LogP contribution in [-0.2, 0) is 21.4 Å². The van der Waals surface area contributed by atoms with E-state index in [1.54, 1.807) is 4.90 Å². The minimum absolute atomic E-state index is 0.0119. The molecule has 2 heterocycles. The second kappa shape index (κ2) is 8.78. The maximum Gasteiger partial charge on any atom is 0.308 e. The highest BCUT2D eigenvalue weighted by Crippen LogP contribution is 2.65. The van der Waals surface area contributed by atoms with E-state index in [1.165, 1.54) is 18.6 Å². The number of likely N-dealkylation sites (tertiary alicyclic amines) is 1. The normalized spacial score (nSPS) is 28.4. The largest absolute Gasteiger partial charge is 0.504 e. The third kappa shape index (κ3) is 3.54. The molecule has 1 spiro atoms. The Morgan fingerprint density at radius 2 is 2.00 bits per heavy atom. The van der Waals surface area contributed by atoms with Crippen molar-refractivity contribution < 1.29 is 24.2 Å². The lowest BCUT2D eigenvalue weighted by molar-refractivity contribution is -0.134. The summed E-state index contributed by atoms with van der Waals surface area (Å²) >= 11 is 0. The number of ether oxygens (including phenoxy) is 2. The zero-order chi connectivity index (χ0) is 26.9. The van der Waals surface area contributed by atoms with Crippen LogP contribution in [0.15, 0.2) is 24.3 Å². The number of carbonyl (C=O) groups excluding carboxylic acids is 2. The van der Waals surface area contributed by atoms with Gasteiger partial charge in [0.15, 0.2) is 11.5 Å². The number of phenols is 1. The average Bonchev–Trinajstić information content (AvgIpc) is 3.22. The van der Waals surface area contributed by atoms with E-state index >= 15 is 0 Å². The minimum Gasteiger partial charge on any atom is -0.504 e. The number of aromatic hydroxyl groups is 1. The summed E-state index contributed by atoms with van der Waals surface area (Å²) < 4.78 is 12.2. The standard InChI is InChI=1S/C31H34N2O5/c1-17-6-7-20(14-18(17)2)8-11-27(36)33(5)23-10-9-22-24-15-21-26(37-19(3)34)16-25(35)29-28(21)31(22,30(23)38-29)12-13-32(24)4/h6-7,14,16,22-24,30,35H,9-10,12-13,15H2,1-5H3/t22-,23-,24+,30-,31-/m0/s1. The van der Waals surface area contributed by atoms with Gasteiger partial charge in [0.05, 0.1) is 6.04 Å². The van der Waals surface area contributed by atoms with Crippen LogP contribution in [-0.4, -0.2) is 65.6 Å². The van der Waals surface area contributed by atoms with E-state index in [1.807, 2.05) is 32.2 Å². The molecule has 2 fully saturated rings. The van der Waals surface area contributed by atoms with Crippen molar-refractivity contribution in [1.82, 2.24) is 9.80 Å². The van der Waals surface area contributed by atoms with Gasteiger partial charge in [0, 0.05) is 54.1 Å². The van der Waals surface area contributed by atoms with Crippen LogP contribution in [0.2, 0.25) is 0 Å². The van der Waals surface area contributed by atoms with Gasteiger partial charge in [0.2, 0.25) is 0 Å². The Balaban J connectivity index is 1.38. The predicted octanol–water partition coefficient (Wildman–Crippen LogP) is 3.48. The molecule has 2 bridgehead atoms. The molecule has 0 unspecified atom stereocenters. The van der Waals surface area contributed by atoms with Crippen LogP contribution in [0, 0.1) is 31.6 Å². The molecule has 1 N–H and O–H groups in total.